The molecule has 0 aliphatic carbocycles. The number of halogens is 1. The van der Waals surface area contributed by atoms with E-state index in [1.165, 1.54) is 0 Å². The lowest BCUT2D eigenvalue weighted by atomic mass is 9.95. The number of H-pyrrole nitrogens is 1. The van der Waals surface area contributed by atoms with Gasteiger partial charge in [-0.15, -0.1) is 0 Å². The third kappa shape index (κ3) is 4.43. The fourth-order valence-corrected chi connectivity index (χ4v) is 3.81. The lowest BCUT2D eigenvalue weighted by molar-refractivity contribution is -0.121. The van der Waals surface area contributed by atoms with E-state index >= 15 is 0 Å². The van der Waals surface area contributed by atoms with Crippen LogP contribution in [0.15, 0.2) is 53.1 Å². The van der Waals surface area contributed by atoms with Gasteiger partial charge in [0.15, 0.2) is 0 Å². The fraction of sp³-hybridized carbons (Fsp3) is 0.273. The topological polar surface area (TPSA) is 91.0 Å². The van der Waals surface area contributed by atoms with Gasteiger partial charge in [0.1, 0.15) is 11.4 Å². The first kappa shape index (κ1) is 20.3. The van der Waals surface area contributed by atoms with E-state index in [9.17, 15) is 9.59 Å². The number of nitrogens with zero attached hydrogens (tertiary/aromatic N) is 3. The van der Waals surface area contributed by atoms with E-state index in [4.69, 9.17) is 0 Å². The number of rotatable bonds is 4. The van der Waals surface area contributed by atoms with Crippen LogP contribution in [0.2, 0.25) is 0 Å². The number of nitrogens with one attached hydrogen (secondary N) is 2. The molecule has 7 nitrogen and oxygen atoms in total. The van der Waals surface area contributed by atoms with Crippen molar-refractivity contribution < 1.29 is 9.59 Å². The molecule has 2 amide bonds. The number of carbonyl (C=O) groups excluding carboxylic acids is 2. The molecule has 0 saturated carbocycles. The third-order valence-corrected chi connectivity index (χ3v) is 6.20. The molecule has 1 saturated heterocycles. The van der Waals surface area contributed by atoms with Crippen LogP contribution in [0.5, 0.6) is 0 Å². The Labute approximate surface area is 183 Å². The average molecular weight is 468 g/mol. The molecule has 1 aromatic carbocycles. The van der Waals surface area contributed by atoms with Crippen molar-refractivity contribution in [1.82, 2.24) is 20.1 Å². The van der Waals surface area contributed by atoms with Gasteiger partial charge in [-0.25, -0.2) is 0 Å². The van der Waals surface area contributed by atoms with Crippen molar-refractivity contribution >= 4 is 33.4 Å². The van der Waals surface area contributed by atoms with Gasteiger partial charge in [-0.05, 0) is 61.7 Å². The number of aryl methyl sites for hydroxylation is 1. The molecular weight excluding hydrogens is 446 g/mol. The molecule has 0 atom stereocenters. The molecule has 2 N–H and O–H groups in total. The maximum atomic E-state index is 12.8. The Morgan fingerprint density at radius 2 is 1.93 bits per heavy atom. The molecule has 8 heteroatoms. The minimum Gasteiger partial charge on any atom is -0.337 e. The molecular formula is C22H22BrN5O2. The highest BCUT2D eigenvalue weighted by Gasteiger charge is 2.28. The minimum absolute atomic E-state index is 0.00259. The number of hydrogen-bond donors (Lipinski definition) is 2. The van der Waals surface area contributed by atoms with Crippen molar-refractivity contribution in [3.8, 4) is 11.4 Å². The summed E-state index contributed by atoms with van der Waals surface area (Å²) in [7, 11) is 0. The summed E-state index contributed by atoms with van der Waals surface area (Å²) in [6.07, 6.45) is 2.96. The van der Waals surface area contributed by atoms with Gasteiger partial charge in [-0.1, -0.05) is 22.0 Å². The number of anilines is 1. The Balaban J connectivity index is 1.34. The number of pyridine rings is 1. The monoisotopic (exact) mass is 467 g/mol. The van der Waals surface area contributed by atoms with Gasteiger partial charge in [-0.2, -0.15) is 5.10 Å². The van der Waals surface area contributed by atoms with E-state index in [-0.39, 0.29) is 17.7 Å². The van der Waals surface area contributed by atoms with E-state index in [0.717, 1.165) is 15.7 Å². The van der Waals surface area contributed by atoms with Crippen LogP contribution in [-0.4, -0.2) is 45.0 Å². The number of amides is 2. The molecule has 1 aliphatic rings. The van der Waals surface area contributed by atoms with Crippen LogP contribution in [-0.2, 0) is 4.79 Å². The number of piperidine rings is 1. The first-order chi connectivity index (χ1) is 14.5. The Kier molecular flexibility index (Phi) is 5.94. The number of likely N-dealkylation sites (tertiary alicyclic amines) is 1. The first-order valence-electron chi connectivity index (χ1n) is 9.84. The molecule has 0 bridgehead atoms. The molecule has 30 heavy (non-hydrogen) atoms. The smallest absolute Gasteiger partial charge is 0.271 e. The zero-order chi connectivity index (χ0) is 21.1. The van der Waals surface area contributed by atoms with Crippen molar-refractivity contribution in [2.24, 2.45) is 5.92 Å². The summed E-state index contributed by atoms with van der Waals surface area (Å²) in [5, 5.41) is 10.0. The van der Waals surface area contributed by atoms with Crippen LogP contribution in [0.3, 0.4) is 0 Å². The summed E-state index contributed by atoms with van der Waals surface area (Å²) in [4.78, 5) is 31.5. The molecule has 1 fully saturated rings. The van der Waals surface area contributed by atoms with Crippen molar-refractivity contribution in [3.63, 3.8) is 0 Å². The second-order valence-electron chi connectivity index (χ2n) is 7.40. The molecule has 0 spiro atoms. The predicted molar refractivity (Wildman–Crippen MR) is 118 cm³/mol. The van der Waals surface area contributed by atoms with Crippen LogP contribution >= 0.6 is 15.9 Å². The molecule has 3 aromatic rings. The van der Waals surface area contributed by atoms with Crippen LogP contribution in [0.25, 0.3) is 11.4 Å². The van der Waals surface area contributed by atoms with Crippen LogP contribution < -0.4 is 5.32 Å². The summed E-state index contributed by atoms with van der Waals surface area (Å²) in [6.45, 7) is 3.06. The quantitative estimate of drug-likeness (QED) is 0.605. The van der Waals surface area contributed by atoms with Crippen molar-refractivity contribution in [2.45, 2.75) is 19.8 Å². The highest BCUT2D eigenvalue weighted by Crippen LogP contribution is 2.24. The standard InChI is InChI=1S/C22H22BrN5O2/c1-14-12-16(5-6-17(14)23)25-21(29)15-7-10-28(11-8-15)22(30)20-13-19(26-27-20)18-4-2-3-9-24-18/h2-6,9,12-13,15H,7-8,10-11H2,1H3,(H,25,29)(H,26,27). The average Bonchev–Trinajstić information content (AvgIpc) is 3.27. The Morgan fingerprint density at radius 1 is 1.13 bits per heavy atom. The SMILES string of the molecule is Cc1cc(NC(=O)C2CCN(C(=O)c3cc(-c4ccccn4)n[nH]3)CC2)ccc1Br. The lowest BCUT2D eigenvalue weighted by Crippen LogP contribution is -2.41. The van der Waals surface area contributed by atoms with Gasteiger partial charge in [0.25, 0.3) is 5.91 Å². The van der Waals surface area contributed by atoms with Crippen LogP contribution in [0.4, 0.5) is 5.69 Å². The highest BCUT2D eigenvalue weighted by molar-refractivity contribution is 9.10. The first-order valence-corrected chi connectivity index (χ1v) is 10.6. The van der Waals surface area contributed by atoms with Gasteiger partial charge < -0.3 is 10.2 Å². The second-order valence-corrected chi connectivity index (χ2v) is 8.26. The Hall–Kier alpha value is -3.00. The molecule has 154 valence electrons. The highest BCUT2D eigenvalue weighted by atomic mass is 79.9. The molecule has 2 aromatic heterocycles. The maximum Gasteiger partial charge on any atom is 0.271 e. The molecule has 4 rings (SSSR count). The number of carbonyl (C=O) groups is 2. The van der Waals surface area contributed by atoms with Crippen molar-refractivity contribution in [1.29, 1.82) is 0 Å². The second kappa shape index (κ2) is 8.79. The zero-order valence-electron chi connectivity index (χ0n) is 16.6. The van der Waals surface area contributed by atoms with Gasteiger partial charge >= 0.3 is 0 Å². The third-order valence-electron chi connectivity index (χ3n) is 5.31. The van der Waals surface area contributed by atoms with E-state index < -0.39 is 0 Å². The van der Waals surface area contributed by atoms with Gasteiger partial charge in [0, 0.05) is 35.4 Å². The molecule has 1 aliphatic heterocycles. The summed E-state index contributed by atoms with van der Waals surface area (Å²) in [5.74, 6) is -0.210. The van der Waals surface area contributed by atoms with E-state index in [2.05, 4.69) is 36.4 Å². The van der Waals surface area contributed by atoms with Gasteiger partial charge in [0.05, 0.1) is 5.69 Å². The lowest BCUT2D eigenvalue weighted by Gasteiger charge is -2.31. The molecule has 0 unspecified atom stereocenters. The summed E-state index contributed by atoms with van der Waals surface area (Å²) in [5.41, 5.74) is 3.64. The largest absolute Gasteiger partial charge is 0.337 e. The minimum atomic E-state index is -0.108. The predicted octanol–water partition coefficient (Wildman–Crippen LogP) is 4.03. The van der Waals surface area contributed by atoms with Gasteiger partial charge in [-0.3, -0.25) is 19.7 Å². The van der Waals surface area contributed by atoms with Gasteiger partial charge in [0.2, 0.25) is 5.91 Å². The van der Waals surface area contributed by atoms with Crippen LogP contribution in [0.1, 0.15) is 28.9 Å². The normalized spacial score (nSPS) is 14.5. The molecule has 3 heterocycles. The van der Waals surface area contributed by atoms with E-state index in [0.29, 0.717) is 43.0 Å². The number of aromatic amines is 1. The van der Waals surface area contributed by atoms with Crippen LogP contribution in [0, 0.1) is 12.8 Å². The number of benzene rings is 1. The van der Waals surface area contributed by atoms with Crippen molar-refractivity contribution in [2.75, 3.05) is 18.4 Å². The fourth-order valence-electron chi connectivity index (χ4n) is 3.56. The Bertz CT molecular complexity index is 1060. The Morgan fingerprint density at radius 3 is 2.63 bits per heavy atom. The number of hydrogen-bond acceptors (Lipinski definition) is 4. The molecule has 0 radical (unpaired) electrons. The van der Waals surface area contributed by atoms with E-state index in [1.54, 1.807) is 17.2 Å². The summed E-state index contributed by atoms with van der Waals surface area (Å²) >= 11 is 3.47. The zero-order valence-corrected chi connectivity index (χ0v) is 18.1. The number of aromatic nitrogens is 3. The summed E-state index contributed by atoms with van der Waals surface area (Å²) in [6, 6.07) is 13.0. The van der Waals surface area contributed by atoms with Crippen molar-refractivity contribution in [3.05, 3.63) is 64.4 Å². The summed E-state index contributed by atoms with van der Waals surface area (Å²) < 4.78 is 1.01. The van der Waals surface area contributed by atoms with E-state index in [1.807, 2.05) is 43.3 Å². The maximum absolute atomic E-state index is 12.8.